The number of ether oxygens (including phenoxy) is 1. The highest BCUT2D eigenvalue weighted by Gasteiger charge is 2.22. The van der Waals surface area contributed by atoms with E-state index in [1.54, 1.807) is 18.3 Å². The molecule has 1 heterocycles. The van der Waals surface area contributed by atoms with Gasteiger partial charge in [0, 0.05) is 31.4 Å². The first-order chi connectivity index (χ1) is 16.2. The Kier molecular flexibility index (Phi) is 8.34. The van der Waals surface area contributed by atoms with E-state index in [4.69, 9.17) is 4.74 Å². The molecule has 9 nitrogen and oxygen atoms in total. The van der Waals surface area contributed by atoms with Gasteiger partial charge in [-0.25, -0.2) is 13.4 Å². The van der Waals surface area contributed by atoms with E-state index in [9.17, 15) is 18.0 Å². The summed E-state index contributed by atoms with van der Waals surface area (Å²) in [5.74, 6) is -0.322. The predicted molar refractivity (Wildman–Crippen MR) is 127 cm³/mol. The summed E-state index contributed by atoms with van der Waals surface area (Å²) in [5, 5.41) is 5.27. The van der Waals surface area contributed by atoms with Crippen molar-refractivity contribution in [2.24, 2.45) is 0 Å². The molecule has 0 aliphatic heterocycles. The SMILES string of the molecule is CC(=O)Nc1ccc(S(=O)(=O)N[C@@H](C)C(=O)NCc2ccnc(OCc3ccccc3)c2)cc1. The fourth-order valence-electron chi connectivity index (χ4n) is 2.99. The first-order valence-electron chi connectivity index (χ1n) is 10.5. The van der Waals surface area contributed by atoms with Gasteiger partial charge in [0.2, 0.25) is 27.7 Å². The molecule has 3 aromatic rings. The number of nitrogens with one attached hydrogen (secondary N) is 3. The highest BCUT2D eigenvalue weighted by atomic mass is 32.2. The van der Waals surface area contributed by atoms with Crippen molar-refractivity contribution in [1.82, 2.24) is 15.0 Å². The first-order valence-corrected chi connectivity index (χ1v) is 12.0. The average molecular weight is 483 g/mol. The number of pyridine rings is 1. The average Bonchev–Trinajstić information content (AvgIpc) is 2.82. The maximum Gasteiger partial charge on any atom is 0.241 e. The van der Waals surface area contributed by atoms with Crippen LogP contribution in [0.5, 0.6) is 5.88 Å². The number of hydrogen-bond donors (Lipinski definition) is 3. The Labute approximate surface area is 198 Å². The zero-order valence-electron chi connectivity index (χ0n) is 18.8. The van der Waals surface area contributed by atoms with Gasteiger partial charge in [-0.05, 0) is 48.4 Å². The van der Waals surface area contributed by atoms with Gasteiger partial charge in [0.25, 0.3) is 0 Å². The molecule has 178 valence electrons. The van der Waals surface area contributed by atoms with Gasteiger partial charge >= 0.3 is 0 Å². The minimum atomic E-state index is -3.93. The van der Waals surface area contributed by atoms with Crippen molar-refractivity contribution in [2.45, 2.75) is 37.9 Å². The smallest absolute Gasteiger partial charge is 0.241 e. The minimum Gasteiger partial charge on any atom is -0.473 e. The number of anilines is 1. The summed E-state index contributed by atoms with van der Waals surface area (Å²) in [5.41, 5.74) is 2.24. The van der Waals surface area contributed by atoms with Gasteiger partial charge in [0.05, 0.1) is 10.9 Å². The Bertz CT molecular complexity index is 1230. The van der Waals surface area contributed by atoms with E-state index in [1.165, 1.54) is 38.1 Å². The summed E-state index contributed by atoms with van der Waals surface area (Å²) >= 11 is 0. The second-order valence-corrected chi connectivity index (χ2v) is 9.26. The van der Waals surface area contributed by atoms with Crippen LogP contribution >= 0.6 is 0 Å². The van der Waals surface area contributed by atoms with Crippen molar-refractivity contribution in [3.8, 4) is 5.88 Å². The number of carbonyl (C=O) groups is 2. The van der Waals surface area contributed by atoms with Gasteiger partial charge in [0.15, 0.2) is 0 Å². The zero-order valence-corrected chi connectivity index (χ0v) is 19.6. The third kappa shape index (κ3) is 7.39. The molecule has 0 radical (unpaired) electrons. The Hall–Kier alpha value is -3.76. The molecule has 2 amide bonds. The molecule has 1 atom stereocenters. The van der Waals surface area contributed by atoms with Crippen LogP contribution in [0.2, 0.25) is 0 Å². The predicted octanol–water partition coefficient (Wildman–Crippen LogP) is 2.60. The second kappa shape index (κ2) is 11.4. The Balaban J connectivity index is 1.52. The fourth-order valence-corrected chi connectivity index (χ4v) is 4.19. The minimum absolute atomic E-state index is 0.0180. The summed E-state index contributed by atoms with van der Waals surface area (Å²) in [6, 6.07) is 17.8. The fraction of sp³-hybridized carbons (Fsp3) is 0.208. The highest BCUT2D eigenvalue weighted by molar-refractivity contribution is 7.89. The van der Waals surface area contributed by atoms with E-state index in [0.717, 1.165) is 11.1 Å². The van der Waals surface area contributed by atoms with Crippen molar-refractivity contribution < 1.29 is 22.7 Å². The van der Waals surface area contributed by atoms with E-state index in [-0.39, 0.29) is 17.3 Å². The molecule has 10 heteroatoms. The lowest BCUT2D eigenvalue weighted by Crippen LogP contribution is -2.44. The van der Waals surface area contributed by atoms with Gasteiger partial charge in [-0.15, -0.1) is 0 Å². The van der Waals surface area contributed by atoms with Crippen LogP contribution in [0.15, 0.2) is 77.8 Å². The number of sulfonamides is 1. The van der Waals surface area contributed by atoms with E-state index < -0.39 is 22.0 Å². The van der Waals surface area contributed by atoms with Crippen molar-refractivity contribution in [2.75, 3.05) is 5.32 Å². The summed E-state index contributed by atoms with van der Waals surface area (Å²) in [7, 11) is -3.93. The molecule has 2 aromatic carbocycles. The number of benzene rings is 2. The van der Waals surface area contributed by atoms with Crippen LogP contribution in [0.25, 0.3) is 0 Å². The number of aromatic nitrogens is 1. The van der Waals surface area contributed by atoms with Crippen molar-refractivity contribution in [3.63, 3.8) is 0 Å². The first kappa shape index (κ1) is 24.9. The largest absolute Gasteiger partial charge is 0.473 e. The van der Waals surface area contributed by atoms with E-state index >= 15 is 0 Å². The molecule has 34 heavy (non-hydrogen) atoms. The standard InChI is InChI=1S/C24H26N4O5S/c1-17(28-34(31,32)22-10-8-21(9-11-22)27-18(2)29)24(30)26-15-20-12-13-25-23(14-20)33-16-19-6-4-3-5-7-19/h3-14,17,28H,15-16H2,1-2H3,(H,26,30)(H,27,29)/t17-/m0/s1. The lowest BCUT2D eigenvalue weighted by Gasteiger charge is -2.15. The molecule has 0 aliphatic carbocycles. The number of hydrogen-bond acceptors (Lipinski definition) is 6. The van der Waals surface area contributed by atoms with Crippen LogP contribution in [0, 0.1) is 0 Å². The van der Waals surface area contributed by atoms with Gasteiger partial charge in [-0.2, -0.15) is 4.72 Å². The van der Waals surface area contributed by atoms with Crippen LogP contribution in [-0.4, -0.2) is 31.3 Å². The highest BCUT2D eigenvalue weighted by Crippen LogP contribution is 2.15. The van der Waals surface area contributed by atoms with Gasteiger partial charge < -0.3 is 15.4 Å². The summed E-state index contributed by atoms with van der Waals surface area (Å²) in [6.45, 7) is 3.37. The Morgan fingerprint density at radius 1 is 1.00 bits per heavy atom. The molecule has 3 N–H and O–H groups in total. The van der Waals surface area contributed by atoms with E-state index in [0.29, 0.717) is 18.2 Å². The van der Waals surface area contributed by atoms with Crippen molar-refractivity contribution >= 4 is 27.5 Å². The second-order valence-electron chi connectivity index (χ2n) is 7.54. The third-order valence-electron chi connectivity index (χ3n) is 4.71. The lowest BCUT2D eigenvalue weighted by molar-refractivity contribution is -0.122. The Morgan fingerprint density at radius 2 is 1.71 bits per heavy atom. The molecular formula is C24H26N4O5S. The van der Waals surface area contributed by atoms with Crippen LogP contribution in [0.3, 0.4) is 0 Å². The molecule has 0 saturated carbocycles. The van der Waals surface area contributed by atoms with Crippen molar-refractivity contribution in [3.05, 3.63) is 84.1 Å². The molecule has 0 spiro atoms. The van der Waals surface area contributed by atoms with Crippen LogP contribution < -0.4 is 20.1 Å². The maximum absolute atomic E-state index is 12.6. The van der Waals surface area contributed by atoms with Gasteiger partial charge in [-0.1, -0.05) is 30.3 Å². The molecular weight excluding hydrogens is 456 g/mol. The Morgan fingerprint density at radius 3 is 2.38 bits per heavy atom. The van der Waals surface area contributed by atoms with Crippen LogP contribution in [-0.2, 0) is 32.8 Å². The molecule has 1 aromatic heterocycles. The molecule has 0 fully saturated rings. The lowest BCUT2D eigenvalue weighted by atomic mass is 10.2. The van der Waals surface area contributed by atoms with Gasteiger partial charge in [-0.3, -0.25) is 9.59 Å². The number of amides is 2. The van der Waals surface area contributed by atoms with E-state index in [1.807, 2.05) is 30.3 Å². The normalized spacial score (nSPS) is 11.9. The van der Waals surface area contributed by atoms with E-state index in [2.05, 4.69) is 20.3 Å². The van der Waals surface area contributed by atoms with Crippen LogP contribution in [0.1, 0.15) is 25.0 Å². The number of nitrogens with zero attached hydrogens (tertiary/aromatic N) is 1. The topological polar surface area (TPSA) is 126 Å². The third-order valence-corrected chi connectivity index (χ3v) is 6.26. The maximum atomic E-state index is 12.6. The number of carbonyl (C=O) groups excluding carboxylic acids is 2. The summed E-state index contributed by atoms with van der Waals surface area (Å²) < 4.78 is 33.2. The summed E-state index contributed by atoms with van der Waals surface area (Å²) in [6.07, 6.45) is 1.58. The molecule has 3 rings (SSSR count). The number of rotatable bonds is 10. The molecule has 0 bridgehead atoms. The summed E-state index contributed by atoms with van der Waals surface area (Å²) in [4.78, 5) is 27.7. The van der Waals surface area contributed by atoms with Crippen LogP contribution in [0.4, 0.5) is 5.69 Å². The zero-order chi connectivity index (χ0) is 24.6. The molecule has 0 unspecified atom stereocenters. The quantitative estimate of drug-likeness (QED) is 0.408. The van der Waals surface area contributed by atoms with Gasteiger partial charge in [0.1, 0.15) is 6.61 Å². The molecule has 0 saturated heterocycles. The molecule has 0 aliphatic rings. The van der Waals surface area contributed by atoms with Crippen molar-refractivity contribution in [1.29, 1.82) is 0 Å². The monoisotopic (exact) mass is 482 g/mol.